The molecule has 1 N–H and O–H groups in total. The molecule has 6 heteroatoms. The van der Waals surface area contributed by atoms with E-state index < -0.39 is 10.0 Å². The van der Waals surface area contributed by atoms with Crippen LogP contribution in [0.5, 0.6) is 0 Å². The highest BCUT2D eigenvalue weighted by Crippen LogP contribution is 2.48. The lowest BCUT2D eigenvalue weighted by Crippen LogP contribution is -2.33. The van der Waals surface area contributed by atoms with Gasteiger partial charge in [-0.1, -0.05) is 6.07 Å². The number of hydrogen-bond donors (Lipinski definition) is 1. The molecule has 0 amide bonds. The molecule has 4 rings (SSSR count). The maximum Gasteiger partial charge on any atom is 0.211 e. The first kappa shape index (κ1) is 16.3. The second-order valence-electron chi connectivity index (χ2n) is 6.64. The first-order chi connectivity index (χ1) is 12.0. The number of aromatic nitrogens is 1. The molecule has 1 aliphatic carbocycles. The number of nitrogens with one attached hydrogen (secondary N) is 1. The first-order valence-corrected chi connectivity index (χ1v) is 10.1. The Morgan fingerprint density at radius 2 is 2.00 bits per heavy atom. The van der Waals surface area contributed by atoms with Crippen molar-refractivity contribution in [2.24, 2.45) is 0 Å². The number of benzene rings is 1. The number of hydrogen-bond acceptors (Lipinski definition) is 4. The molecule has 3 aromatic rings. The van der Waals surface area contributed by atoms with Crippen molar-refractivity contribution in [2.45, 2.75) is 25.2 Å². The van der Waals surface area contributed by atoms with Crippen LogP contribution in [-0.4, -0.2) is 25.7 Å². The van der Waals surface area contributed by atoms with E-state index in [1.54, 1.807) is 13.2 Å². The molecule has 0 aliphatic heterocycles. The minimum absolute atomic E-state index is 0.103. The van der Waals surface area contributed by atoms with Crippen molar-refractivity contribution in [3.63, 3.8) is 0 Å². The lowest BCUT2D eigenvalue weighted by atomic mass is 9.95. The minimum Gasteiger partial charge on any atom is -0.464 e. The summed E-state index contributed by atoms with van der Waals surface area (Å²) in [6.45, 7) is 2.09. The third kappa shape index (κ3) is 3.19. The van der Waals surface area contributed by atoms with Crippen LogP contribution in [0.3, 0.4) is 0 Å². The van der Waals surface area contributed by atoms with Gasteiger partial charge < -0.3 is 4.42 Å². The summed E-state index contributed by atoms with van der Waals surface area (Å²) in [4.78, 5) is 4.40. The molecule has 25 heavy (non-hydrogen) atoms. The Bertz CT molecular complexity index is 1020. The molecule has 1 fully saturated rings. The summed E-state index contributed by atoms with van der Waals surface area (Å²) in [5, 5.41) is 1.06. The zero-order valence-electron chi connectivity index (χ0n) is 14.0. The Labute approximate surface area is 147 Å². The fourth-order valence-corrected chi connectivity index (χ4v) is 3.80. The molecule has 1 saturated carbocycles. The van der Waals surface area contributed by atoms with Gasteiger partial charge in [-0.2, -0.15) is 0 Å². The van der Waals surface area contributed by atoms with Crippen LogP contribution in [0, 0.1) is 0 Å². The van der Waals surface area contributed by atoms with Gasteiger partial charge in [0.25, 0.3) is 0 Å². The third-order valence-electron chi connectivity index (χ3n) is 5.00. The van der Waals surface area contributed by atoms with Crippen LogP contribution in [0.15, 0.2) is 53.4 Å². The lowest BCUT2D eigenvalue weighted by molar-refractivity contribution is 0.568. The number of fused-ring (bicyclic) bond motifs is 1. The molecule has 2 aromatic heterocycles. The van der Waals surface area contributed by atoms with E-state index in [1.807, 2.05) is 30.6 Å². The number of sulfonamides is 1. The van der Waals surface area contributed by atoms with Gasteiger partial charge in [0.2, 0.25) is 10.0 Å². The number of furan rings is 1. The normalized spacial score (nSPS) is 16.2. The Morgan fingerprint density at radius 3 is 2.76 bits per heavy atom. The molecule has 0 unspecified atom stereocenters. The number of pyridine rings is 1. The van der Waals surface area contributed by atoms with E-state index in [4.69, 9.17) is 4.42 Å². The van der Waals surface area contributed by atoms with E-state index in [2.05, 4.69) is 21.8 Å². The monoisotopic (exact) mass is 356 g/mol. The smallest absolute Gasteiger partial charge is 0.211 e. The van der Waals surface area contributed by atoms with Crippen LogP contribution in [0.4, 0.5) is 0 Å². The summed E-state index contributed by atoms with van der Waals surface area (Å²) >= 11 is 0. The molecule has 0 saturated heterocycles. The first-order valence-electron chi connectivity index (χ1n) is 8.42. The van der Waals surface area contributed by atoms with Crippen molar-refractivity contribution in [2.75, 3.05) is 12.3 Å². The summed E-state index contributed by atoms with van der Waals surface area (Å²) in [6, 6.07) is 10.1. The average molecular weight is 356 g/mol. The van der Waals surface area contributed by atoms with E-state index in [-0.39, 0.29) is 11.2 Å². The third-order valence-corrected chi connectivity index (χ3v) is 6.34. The highest BCUT2D eigenvalue weighted by Gasteiger charge is 2.45. The van der Waals surface area contributed by atoms with Crippen LogP contribution in [0.25, 0.3) is 22.1 Å². The fourth-order valence-electron chi connectivity index (χ4n) is 3.10. The van der Waals surface area contributed by atoms with Gasteiger partial charge in [-0.3, -0.25) is 4.98 Å². The predicted octanol–water partition coefficient (Wildman–Crippen LogP) is 3.47. The molecular formula is C19H20N2O3S. The van der Waals surface area contributed by atoms with Crippen LogP contribution in [-0.2, 0) is 15.4 Å². The Balaban J connectivity index is 1.63. The van der Waals surface area contributed by atoms with Gasteiger partial charge >= 0.3 is 0 Å². The number of nitrogens with zero attached hydrogens (tertiary/aromatic N) is 1. The van der Waals surface area contributed by atoms with Crippen LogP contribution < -0.4 is 4.72 Å². The lowest BCUT2D eigenvalue weighted by Gasteiger charge is -2.17. The molecule has 0 bridgehead atoms. The van der Waals surface area contributed by atoms with Crippen molar-refractivity contribution in [3.8, 4) is 11.1 Å². The highest BCUT2D eigenvalue weighted by atomic mass is 32.2. The second kappa shape index (κ2) is 5.97. The van der Waals surface area contributed by atoms with Crippen molar-refractivity contribution in [1.29, 1.82) is 0 Å². The molecule has 5 nitrogen and oxygen atoms in total. The summed E-state index contributed by atoms with van der Waals surface area (Å²) in [7, 11) is -3.18. The molecule has 2 heterocycles. The van der Waals surface area contributed by atoms with Crippen molar-refractivity contribution in [1.82, 2.24) is 9.71 Å². The Hall–Kier alpha value is -2.18. The standard InChI is InChI=1S/C19H20N2O3S/c1-2-25(22,23)21-13-19(6-7-19)17-10-16(11-20-12-17)14-3-4-18-15(9-14)5-8-24-18/h3-5,8-12,21H,2,6-7,13H2,1H3. The summed E-state index contributed by atoms with van der Waals surface area (Å²) < 4.78 is 31.6. The average Bonchev–Trinajstić information content (AvgIpc) is 3.29. The fraction of sp³-hybridized carbons (Fsp3) is 0.316. The molecular weight excluding hydrogens is 336 g/mol. The number of rotatable bonds is 6. The van der Waals surface area contributed by atoms with E-state index in [0.717, 1.165) is 40.5 Å². The van der Waals surface area contributed by atoms with E-state index >= 15 is 0 Å². The van der Waals surface area contributed by atoms with Crippen molar-refractivity contribution in [3.05, 3.63) is 54.6 Å². The summed E-state index contributed by atoms with van der Waals surface area (Å²) in [6.07, 6.45) is 7.34. The van der Waals surface area contributed by atoms with Gasteiger partial charge in [-0.25, -0.2) is 13.1 Å². The van der Waals surface area contributed by atoms with Crippen molar-refractivity contribution < 1.29 is 12.8 Å². The second-order valence-corrected chi connectivity index (χ2v) is 8.74. The Morgan fingerprint density at radius 1 is 1.16 bits per heavy atom. The largest absolute Gasteiger partial charge is 0.464 e. The molecule has 130 valence electrons. The summed E-state index contributed by atoms with van der Waals surface area (Å²) in [5.41, 5.74) is 3.94. The van der Waals surface area contributed by atoms with Gasteiger partial charge in [-0.05, 0) is 55.2 Å². The van der Waals surface area contributed by atoms with E-state index in [1.165, 1.54) is 0 Å². The maximum absolute atomic E-state index is 11.8. The summed E-state index contributed by atoms with van der Waals surface area (Å²) in [5.74, 6) is 0.103. The zero-order valence-corrected chi connectivity index (χ0v) is 14.8. The quantitative estimate of drug-likeness (QED) is 0.734. The highest BCUT2D eigenvalue weighted by molar-refractivity contribution is 7.89. The molecule has 1 aromatic carbocycles. The van der Waals surface area contributed by atoms with Crippen LogP contribution in [0.1, 0.15) is 25.3 Å². The SMILES string of the molecule is CCS(=O)(=O)NCC1(c2cncc(-c3ccc4occc4c3)c2)CC1. The van der Waals surface area contributed by atoms with E-state index in [0.29, 0.717) is 6.54 Å². The zero-order chi connectivity index (χ0) is 17.5. The topological polar surface area (TPSA) is 72.2 Å². The minimum atomic E-state index is -3.18. The van der Waals surface area contributed by atoms with Crippen molar-refractivity contribution >= 4 is 21.0 Å². The van der Waals surface area contributed by atoms with Gasteiger partial charge in [0, 0.05) is 35.3 Å². The molecule has 0 spiro atoms. The van der Waals surface area contributed by atoms with Gasteiger partial charge in [0.05, 0.1) is 12.0 Å². The maximum atomic E-state index is 11.8. The van der Waals surface area contributed by atoms with Crippen LogP contribution >= 0.6 is 0 Å². The van der Waals surface area contributed by atoms with Gasteiger partial charge in [0.1, 0.15) is 5.58 Å². The Kier molecular flexibility index (Phi) is 3.89. The van der Waals surface area contributed by atoms with Crippen LogP contribution in [0.2, 0.25) is 0 Å². The molecule has 1 aliphatic rings. The molecule has 0 radical (unpaired) electrons. The molecule has 0 atom stereocenters. The van der Waals surface area contributed by atoms with Gasteiger partial charge in [0.15, 0.2) is 0 Å². The van der Waals surface area contributed by atoms with Gasteiger partial charge in [-0.15, -0.1) is 0 Å². The van der Waals surface area contributed by atoms with E-state index in [9.17, 15) is 8.42 Å². The predicted molar refractivity (Wildman–Crippen MR) is 97.8 cm³/mol.